The van der Waals surface area contributed by atoms with Gasteiger partial charge in [0, 0.05) is 10.7 Å². The maximum Gasteiger partial charge on any atom is 0.286 e. The van der Waals surface area contributed by atoms with Crippen molar-refractivity contribution in [3.05, 3.63) is 130 Å². The second kappa shape index (κ2) is 9.11. The quantitative estimate of drug-likeness (QED) is 0.261. The normalized spacial score (nSPS) is 11.2. The second-order valence-corrected chi connectivity index (χ2v) is 8.82. The van der Waals surface area contributed by atoms with Crippen molar-refractivity contribution in [3.8, 4) is 33.9 Å². The summed E-state index contributed by atoms with van der Waals surface area (Å²) in [6, 6.07) is 26.4. The molecule has 0 bridgehead atoms. The standard InChI is InChI=1S/C29H17ClF2N4O/c30-20-10-12-23(13-11-20)36-27(24-14-9-19(16-25(24)32)18-5-4-6-21(31)15-18)34-28-26(29(36)37)33-17-35(28)22-7-2-1-3-8-22/h1-17H. The summed E-state index contributed by atoms with van der Waals surface area (Å²) in [6.45, 7) is 0. The Bertz CT molecular complexity index is 1830. The van der Waals surface area contributed by atoms with Crippen molar-refractivity contribution in [3.63, 3.8) is 0 Å². The average molecular weight is 511 g/mol. The van der Waals surface area contributed by atoms with Crippen molar-refractivity contribution in [2.45, 2.75) is 0 Å². The molecule has 6 rings (SSSR count). The Labute approximate surface area is 214 Å². The van der Waals surface area contributed by atoms with E-state index in [2.05, 4.69) is 4.98 Å². The molecule has 8 heteroatoms. The maximum absolute atomic E-state index is 15.7. The topological polar surface area (TPSA) is 52.7 Å². The van der Waals surface area contributed by atoms with Crippen LogP contribution in [0.15, 0.2) is 108 Å². The van der Waals surface area contributed by atoms with Gasteiger partial charge in [-0.2, -0.15) is 0 Å². The predicted octanol–water partition coefficient (Wildman–Crippen LogP) is 6.84. The summed E-state index contributed by atoms with van der Waals surface area (Å²) < 4.78 is 32.4. The first-order chi connectivity index (χ1) is 18.0. The van der Waals surface area contributed by atoms with Crippen molar-refractivity contribution in [2.24, 2.45) is 0 Å². The number of nitrogens with zero attached hydrogens (tertiary/aromatic N) is 4. The second-order valence-electron chi connectivity index (χ2n) is 8.38. The minimum absolute atomic E-state index is 0.0980. The third-order valence-corrected chi connectivity index (χ3v) is 6.31. The first-order valence-corrected chi connectivity index (χ1v) is 11.7. The lowest BCUT2D eigenvalue weighted by Gasteiger charge is -2.15. The molecular weight excluding hydrogens is 494 g/mol. The van der Waals surface area contributed by atoms with Crippen molar-refractivity contribution in [1.82, 2.24) is 19.1 Å². The highest BCUT2D eigenvalue weighted by Gasteiger charge is 2.21. The van der Waals surface area contributed by atoms with E-state index in [0.717, 1.165) is 5.69 Å². The lowest BCUT2D eigenvalue weighted by atomic mass is 10.0. The fraction of sp³-hybridized carbons (Fsp3) is 0. The van der Waals surface area contributed by atoms with Crippen LogP contribution in [0, 0.1) is 11.6 Å². The van der Waals surface area contributed by atoms with Gasteiger partial charge in [-0.3, -0.25) is 13.9 Å². The number of hydrogen-bond donors (Lipinski definition) is 0. The molecule has 0 N–H and O–H groups in total. The van der Waals surface area contributed by atoms with E-state index in [1.54, 1.807) is 53.1 Å². The number of fused-ring (bicyclic) bond motifs is 1. The van der Waals surface area contributed by atoms with Crippen LogP contribution in [-0.2, 0) is 0 Å². The van der Waals surface area contributed by atoms with E-state index in [1.165, 1.54) is 29.1 Å². The molecule has 2 aromatic heterocycles. The van der Waals surface area contributed by atoms with Crippen LogP contribution in [0.4, 0.5) is 8.78 Å². The molecule has 5 nitrogen and oxygen atoms in total. The van der Waals surface area contributed by atoms with Gasteiger partial charge in [-0.15, -0.1) is 0 Å². The van der Waals surface area contributed by atoms with Crippen LogP contribution < -0.4 is 5.56 Å². The van der Waals surface area contributed by atoms with Gasteiger partial charge in [0.1, 0.15) is 18.0 Å². The molecule has 0 fully saturated rings. The van der Waals surface area contributed by atoms with E-state index in [1.807, 2.05) is 30.3 Å². The fourth-order valence-corrected chi connectivity index (χ4v) is 4.41. The van der Waals surface area contributed by atoms with E-state index >= 15 is 4.39 Å². The van der Waals surface area contributed by atoms with Gasteiger partial charge >= 0.3 is 0 Å². The molecular formula is C29H17ClF2N4O. The van der Waals surface area contributed by atoms with Gasteiger partial charge in [-0.05, 0) is 71.8 Å². The van der Waals surface area contributed by atoms with Crippen molar-refractivity contribution in [2.75, 3.05) is 0 Å². The SMILES string of the molecule is O=c1c2ncn(-c3ccccc3)c2nc(-c2ccc(-c3cccc(F)c3)cc2F)n1-c1ccc(Cl)cc1. The van der Waals surface area contributed by atoms with Crippen molar-refractivity contribution < 1.29 is 8.78 Å². The van der Waals surface area contributed by atoms with Gasteiger partial charge in [0.15, 0.2) is 17.0 Å². The van der Waals surface area contributed by atoms with Crippen LogP contribution in [0.5, 0.6) is 0 Å². The molecule has 0 saturated carbocycles. The number of imidazole rings is 1. The molecule has 4 aromatic carbocycles. The first-order valence-electron chi connectivity index (χ1n) is 11.4. The zero-order valence-electron chi connectivity index (χ0n) is 19.1. The molecule has 0 spiro atoms. The van der Waals surface area contributed by atoms with Crippen LogP contribution in [-0.4, -0.2) is 19.1 Å². The molecule has 2 heterocycles. The number of aromatic nitrogens is 4. The van der Waals surface area contributed by atoms with Gasteiger partial charge in [0.2, 0.25) is 0 Å². The van der Waals surface area contributed by atoms with Gasteiger partial charge in [-0.25, -0.2) is 18.7 Å². The Balaban J connectivity index is 1.61. The summed E-state index contributed by atoms with van der Waals surface area (Å²) in [5, 5.41) is 0.492. The summed E-state index contributed by atoms with van der Waals surface area (Å²) in [4.78, 5) is 22.8. The first kappa shape index (κ1) is 22.8. The van der Waals surface area contributed by atoms with Gasteiger partial charge < -0.3 is 0 Å². The molecule has 180 valence electrons. The minimum Gasteiger partial charge on any atom is -0.283 e. The van der Waals surface area contributed by atoms with Crippen molar-refractivity contribution in [1.29, 1.82) is 0 Å². The highest BCUT2D eigenvalue weighted by molar-refractivity contribution is 6.30. The number of para-hydroxylation sites is 1. The number of halogens is 3. The Hall–Kier alpha value is -4.62. The molecule has 6 aromatic rings. The molecule has 0 atom stereocenters. The lowest BCUT2D eigenvalue weighted by molar-refractivity contribution is 0.626. The maximum atomic E-state index is 15.7. The van der Waals surface area contributed by atoms with Crippen LogP contribution in [0.2, 0.25) is 5.02 Å². The fourth-order valence-electron chi connectivity index (χ4n) is 4.28. The molecule has 0 aliphatic rings. The summed E-state index contributed by atoms with van der Waals surface area (Å²) in [6.07, 6.45) is 1.52. The van der Waals surface area contributed by atoms with Gasteiger partial charge in [-0.1, -0.05) is 48.0 Å². The van der Waals surface area contributed by atoms with E-state index in [-0.39, 0.29) is 16.9 Å². The smallest absolute Gasteiger partial charge is 0.283 e. The largest absolute Gasteiger partial charge is 0.286 e. The van der Waals surface area contributed by atoms with E-state index in [4.69, 9.17) is 16.6 Å². The number of rotatable bonds is 4. The van der Waals surface area contributed by atoms with Gasteiger partial charge in [0.05, 0.1) is 11.3 Å². The number of benzene rings is 4. The minimum atomic E-state index is -0.610. The molecule has 37 heavy (non-hydrogen) atoms. The molecule has 0 unspecified atom stereocenters. The third kappa shape index (κ3) is 4.09. The lowest BCUT2D eigenvalue weighted by Crippen LogP contribution is -2.22. The van der Waals surface area contributed by atoms with Gasteiger partial charge in [0.25, 0.3) is 5.56 Å². The van der Waals surface area contributed by atoms with Crippen molar-refractivity contribution >= 4 is 22.8 Å². The Morgan fingerprint density at radius 3 is 2.24 bits per heavy atom. The summed E-state index contributed by atoms with van der Waals surface area (Å²) >= 11 is 6.07. The molecule has 0 aliphatic carbocycles. The third-order valence-electron chi connectivity index (χ3n) is 6.06. The Morgan fingerprint density at radius 2 is 1.51 bits per heavy atom. The monoisotopic (exact) mass is 510 g/mol. The summed E-state index contributed by atoms with van der Waals surface area (Å²) in [7, 11) is 0. The predicted molar refractivity (Wildman–Crippen MR) is 140 cm³/mol. The Kier molecular flexibility index (Phi) is 5.62. The highest BCUT2D eigenvalue weighted by Crippen LogP contribution is 2.30. The zero-order chi connectivity index (χ0) is 25.5. The number of hydrogen-bond acceptors (Lipinski definition) is 3. The molecule has 0 aliphatic heterocycles. The summed E-state index contributed by atoms with van der Waals surface area (Å²) in [5.74, 6) is -0.929. The Morgan fingerprint density at radius 1 is 0.757 bits per heavy atom. The van der Waals surface area contributed by atoms with Crippen LogP contribution >= 0.6 is 11.6 Å². The zero-order valence-corrected chi connectivity index (χ0v) is 19.9. The van der Waals surface area contributed by atoms with E-state index in [0.29, 0.717) is 27.5 Å². The van der Waals surface area contributed by atoms with Crippen LogP contribution in [0.1, 0.15) is 0 Å². The van der Waals surface area contributed by atoms with Crippen LogP contribution in [0.3, 0.4) is 0 Å². The van der Waals surface area contributed by atoms with Crippen LogP contribution in [0.25, 0.3) is 45.1 Å². The molecule has 0 amide bonds. The molecule has 0 saturated heterocycles. The van der Waals surface area contributed by atoms with E-state index in [9.17, 15) is 9.18 Å². The highest BCUT2D eigenvalue weighted by atomic mass is 35.5. The summed E-state index contributed by atoms with van der Waals surface area (Å²) in [5.41, 5.74) is 2.34. The molecule has 0 radical (unpaired) electrons. The average Bonchev–Trinajstić information content (AvgIpc) is 3.34. The van der Waals surface area contributed by atoms with E-state index < -0.39 is 17.2 Å².